The standard InChI is InChI=1S/C36H49N3O4S/c1-24-6-8-27(9-7-24)34(40)39(31-21-30(14-17-36(3,4)5)44-33(31)35(41)42)28-10-12-29(13-11-28)43-32-20-26(15-18-37-32)23-38-19-16-25(2)22-38/h15,18,20-21,24-25,27-29H,6-13,16,19,22-23H2,1-5H3,(H,41,42). The minimum absolute atomic E-state index is 0.0166. The molecule has 0 bridgehead atoms. The number of carbonyl (C=O) groups excluding carboxylic acids is 1. The van der Waals surface area contributed by atoms with Gasteiger partial charge in [-0.25, -0.2) is 9.78 Å². The molecule has 2 aliphatic carbocycles. The third-order valence-corrected chi connectivity index (χ3v) is 10.4. The zero-order valence-electron chi connectivity index (χ0n) is 27.1. The topological polar surface area (TPSA) is 83.0 Å². The number of hydrogen-bond acceptors (Lipinski definition) is 6. The van der Waals surface area contributed by atoms with Gasteiger partial charge in [-0.3, -0.25) is 9.69 Å². The molecule has 8 heteroatoms. The summed E-state index contributed by atoms with van der Waals surface area (Å²) in [6, 6.07) is 5.91. The van der Waals surface area contributed by atoms with Gasteiger partial charge in [0.15, 0.2) is 0 Å². The van der Waals surface area contributed by atoms with Crippen LogP contribution < -0.4 is 9.64 Å². The Balaban J connectivity index is 1.32. The SMILES string of the molecule is CC1CCC(C(=O)N(c2cc(C#CC(C)(C)C)sc2C(=O)O)C2CCC(Oc3cc(CN4CCC(C)C4)ccn3)CC2)CC1. The quantitative estimate of drug-likeness (QED) is 0.306. The number of amides is 1. The monoisotopic (exact) mass is 619 g/mol. The van der Waals surface area contributed by atoms with Crippen molar-refractivity contribution in [3.8, 4) is 17.7 Å². The van der Waals surface area contributed by atoms with Crippen molar-refractivity contribution in [3.05, 3.63) is 39.7 Å². The molecule has 238 valence electrons. The van der Waals surface area contributed by atoms with Crippen molar-refractivity contribution < 1.29 is 19.4 Å². The van der Waals surface area contributed by atoms with Gasteiger partial charge in [0.2, 0.25) is 11.8 Å². The largest absolute Gasteiger partial charge is 0.477 e. The summed E-state index contributed by atoms with van der Waals surface area (Å²) in [5.41, 5.74) is 1.53. The molecule has 0 spiro atoms. The van der Waals surface area contributed by atoms with E-state index in [-0.39, 0.29) is 34.3 Å². The fourth-order valence-corrected chi connectivity index (χ4v) is 7.70. The predicted molar refractivity (Wildman–Crippen MR) is 176 cm³/mol. The maximum Gasteiger partial charge on any atom is 0.348 e. The Morgan fingerprint density at radius 3 is 2.41 bits per heavy atom. The number of carboxylic acid groups (broad SMARTS) is 1. The molecule has 2 aromatic heterocycles. The third kappa shape index (κ3) is 8.43. The van der Waals surface area contributed by atoms with E-state index < -0.39 is 5.97 Å². The Morgan fingerprint density at radius 1 is 1.05 bits per heavy atom. The number of rotatable bonds is 8. The molecule has 2 aromatic rings. The van der Waals surface area contributed by atoms with E-state index >= 15 is 0 Å². The molecule has 1 atom stereocenters. The van der Waals surface area contributed by atoms with Gasteiger partial charge in [-0.05, 0) is 115 Å². The van der Waals surface area contributed by atoms with Crippen LogP contribution in [0.3, 0.4) is 0 Å². The molecule has 1 unspecified atom stereocenters. The fraction of sp³-hybridized carbons (Fsp3) is 0.639. The summed E-state index contributed by atoms with van der Waals surface area (Å²) in [4.78, 5) is 36.4. The number of pyridine rings is 1. The van der Waals surface area contributed by atoms with E-state index in [0.29, 0.717) is 22.4 Å². The van der Waals surface area contributed by atoms with E-state index in [4.69, 9.17) is 4.74 Å². The van der Waals surface area contributed by atoms with Crippen LogP contribution in [0.5, 0.6) is 5.88 Å². The van der Waals surface area contributed by atoms with Gasteiger partial charge in [-0.15, -0.1) is 11.3 Å². The predicted octanol–water partition coefficient (Wildman–Crippen LogP) is 7.63. The molecular weight excluding hydrogens is 570 g/mol. The molecule has 0 radical (unpaired) electrons. The minimum Gasteiger partial charge on any atom is -0.477 e. The van der Waals surface area contributed by atoms with Crippen LogP contribution in [0.1, 0.15) is 113 Å². The van der Waals surface area contributed by atoms with E-state index in [9.17, 15) is 14.7 Å². The van der Waals surface area contributed by atoms with E-state index in [1.807, 2.05) is 37.9 Å². The molecule has 1 saturated heterocycles. The van der Waals surface area contributed by atoms with Crippen LogP contribution in [-0.2, 0) is 11.3 Å². The summed E-state index contributed by atoms with van der Waals surface area (Å²) in [5, 5.41) is 10.2. The van der Waals surface area contributed by atoms with Gasteiger partial charge in [0.1, 0.15) is 11.0 Å². The molecule has 3 heterocycles. The van der Waals surface area contributed by atoms with Crippen molar-refractivity contribution in [1.29, 1.82) is 0 Å². The number of nitrogens with zero attached hydrogens (tertiary/aromatic N) is 3. The summed E-state index contributed by atoms with van der Waals surface area (Å²) in [6.07, 6.45) is 9.97. The lowest BCUT2D eigenvalue weighted by Crippen LogP contribution is -2.47. The Bertz CT molecular complexity index is 1370. The molecule has 1 aliphatic heterocycles. The highest BCUT2D eigenvalue weighted by molar-refractivity contribution is 7.15. The zero-order valence-corrected chi connectivity index (χ0v) is 27.9. The van der Waals surface area contributed by atoms with Gasteiger partial charge in [0.25, 0.3) is 0 Å². The Hall–Kier alpha value is -2.89. The van der Waals surface area contributed by atoms with Crippen molar-refractivity contribution in [3.63, 3.8) is 0 Å². The number of thiophene rings is 1. The number of ether oxygens (including phenoxy) is 1. The van der Waals surface area contributed by atoms with Crippen molar-refractivity contribution in [2.45, 2.75) is 111 Å². The van der Waals surface area contributed by atoms with E-state index in [1.54, 1.807) is 0 Å². The summed E-state index contributed by atoms with van der Waals surface area (Å²) in [5.74, 6) is 7.44. The summed E-state index contributed by atoms with van der Waals surface area (Å²) in [6.45, 7) is 13.8. The first-order valence-electron chi connectivity index (χ1n) is 16.5. The average molecular weight is 620 g/mol. The molecule has 0 aromatic carbocycles. The van der Waals surface area contributed by atoms with Gasteiger partial charge >= 0.3 is 5.97 Å². The van der Waals surface area contributed by atoms with Crippen LogP contribution >= 0.6 is 11.3 Å². The average Bonchev–Trinajstić information content (AvgIpc) is 3.59. The van der Waals surface area contributed by atoms with Crippen LogP contribution in [0.25, 0.3) is 0 Å². The molecule has 7 nitrogen and oxygen atoms in total. The van der Waals surface area contributed by atoms with Crippen LogP contribution in [0.15, 0.2) is 24.4 Å². The Labute approximate surface area is 267 Å². The Kier molecular flexibility index (Phi) is 10.4. The first-order chi connectivity index (χ1) is 20.9. The Morgan fingerprint density at radius 2 is 1.77 bits per heavy atom. The maximum atomic E-state index is 14.2. The normalized spacial score (nSPS) is 26.1. The zero-order chi connectivity index (χ0) is 31.4. The first-order valence-corrected chi connectivity index (χ1v) is 17.3. The van der Waals surface area contributed by atoms with Gasteiger partial charge in [0.05, 0.1) is 10.6 Å². The van der Waals surface area contributed by atoms with E-state index in [0.717, 1.165) is 76.9 Å². The number of anilines is 1. The van der Waals surface area contributed by atoms with Crippen LogP contribution in [0.4, 0.5) is 5.69 Å². The molecule has 1 amide bonds. The summed E-state index contributed by atoms with van der Waals surface area (Å²) >= 11 is 1.18. The van der Waals surface area contributed by atoms with Crippen LogP contribution in [0, 0.1) is 35.0 Å². The molecule has 3 aliphatic rings. The molecule has 5 rings (SSSR count). The van der Waals surface area contributed by atoms with Crippen molar-refractivity contribution in [2.75, 3.05) is 18.0 Å². The smallest absolute Gasteiger partial charge is 0.348 e. The number of likely N-dealkylation sites (tertiary alicyclic amines) is 1. The maximum absolute atomic E-state index is 14.2. The van der Waals surface area contributed by atoms with E-state index in [2.05, 4.69) is 47.7 Å². The second-order valence-corrected chi connectivity index (χ2v) is 15.5. The second-order valence-electron chi connectivity index (χ2n) is 14.5. The molecular formula is C36H49N3O4S. The number of carboxylic acids is 1. The number of aromatic nitrogens is 1. The van der Waals surface area contributed by atoms with Crippen molar-refractivity contribution >= 4 is 28.9 Å². The van der Waals surface area contributed by atoms with Crippen LogP contribution in [-0.4, -0.2) is 52.1 Å². The van der Waals surface area contributed by atoms with Crippen molar-refractivity contribution in [2.24, 2.45) is 23.2 Å². The number of hydrogen-bond donors (Lipinski definition) is 1. The minimum atomic E-state index is -1.00. The second kappa shape index (κ2) is 14.0. The third-order valence-electron chi connectivity index (χ3n) is 9.34. The fourth-order valence-electron chi connectivity index (χ4n) is 6.86. The summed E-state index contributed by atoms with van der Waals surface area (Å²) < 4.78 is 6.39. The summed E-state index contributed by atoms with van der Waals surface area (Å²) in [7, 11) is 0. The number of carbonyl (C=O) groups is 2. The molecule has 2 saturated carbocycles. The highest BCUT2D eigenvalue weighted by atomic mass is 32.1. The van der Waals surface area contributed by atoms with Crippen molar-refractivity contribution in [1.82, 2.24) is 9.88 Å². The van der Waals surface area contributed by atoms with Gasteiger partial charge in [-0.1, -0.05) is 25.7 Å². The van der Waals surface area contributed by atoms with Gasteiger partial charge in [0, 0.05) is 42.7 Å². The molecule has 3 fully saturated rings. The highest BCUT2D eigenvalue weighted by Gasteiger charge is 2.38. The van der Waals surface area contributed by atoms with Gasteiger partial charge in [-0.2, -0.15) is 0 Å². The highest BCUT2D eigenvalue weighted by Crippen LogP contribution is 2.39. The molecule has 1 N–H and O–H groups in total. The molecule has 44 heavy (non-hydrogen) atoms. The van der Waals surface area contributed by atoms with E-state index in [1.165, 1.54) is 23.3 Å². The number of aromatic carboxylic acids is 1. The lowest BCUT2D eigenvalue weighted by atomic mass is 9.81. The first kappa shape index (κ1) is 32.5. The lowest BCUT2D eigenvalue weighted by Gasteiger charge is -2.39. The van der Waals surface area contributed by atoms with Gasteiger partial charge < -0.3 is 14.7 Å². The lowest BCUT2D eigenvalue weighted by molar-refractivity contribution is -0.124. The van der Waals surface area contributed by atoms with Crippen LogP contribution in [0.2, 0.25) is 0 Å².